The van der Waals surface area contributed by atoms with Crippen LogP contribution < -0.4 is 14.2 Å². The van der Waals surface area contributed by atoms with Crippen molar-refractivity contribution in [1.82, 2.24) is 0 Å². The molecule has 0 aromatic heterocycles. The third kappa shape index (κ3) is 7.13. The van der Waals surface area contributed by atoms with E-state index in [1.54, 1.807) is 79.7 Å². The van der Waals surface area contributed by atoms with Crippen LogP contribution >= 0.6 is 0 Å². The van der Waals surface area contributed by atoms with Gasteiger partial charge in [-0.05, 0) is 110 Å². The maximum Gasteiger partial charge on any atom is 0.340 e. The Balaban J connectivity index is 1.59. The normalized spacial score (nSPS) is 15.0. The van der Waals surface area contributed by atoms with Crippen LogP contribution in [0.2, 0.25) is 0 Å². The SMILES string of the molecule is CC(C)(CC(C)(C)C(=O)Oc1ccc2c(c1)Oc1cc(OC(=O)C(C)(C)CC(C)(C)C(=O)O)ccc1C21OC(=O)c2cc(C(C)(C)C)ccc21)C(=O)O. The first-order valence-corrected chi connectivity index (χ1v) is 17.5. The lowest BCUT2D eigenvalue weighted by molar-refractivity contribution is -0.154. The monoisotopic (exact) mass is 728 g/mol. The number of ether oxygens (including phenoxy) is 4. The van der Waals surface area contributed by atoms with Gasteiger partial charge in [0.25, 0.3) is 0 Å². The highest BCUT2D eigenvalue weighted by Gasteiger charge is 2.54. The molecular formula is C42H48O11. The Morgan fingerprint density at radius 3 is 1.42 bits per heavy atom. The Morgan fingerprint density at radius 2 is 1.02 bits per heavy atom. The summed E-state index contributed by atoms with van der Waals surface area (Å²) in [6, 6.07) is 15.1. The lowest BCUT2D eigenvalue weighted by Crippen LogP contribution is -2.37. The van der Waals surface area contributed by atoms with E-state index in [0.717, 1.165) is 5.56 Å². The number of fused-ring (bicyclic) bond motifs is 6. The summed E-state index contributed by atoms with van der Waals surface area (Å²) in [6.07, 6.45) is 0.0307. The quantitative estimate of drug-likeness (QED) is 0.152. The first-order chi connectivity index (χ1) is 24.2. The Bertz CT molecular complexity index is 1940. The standard InChI is InChI=1S/C42H48O11/c1-37(2,3)23-12-15-27-26(18-23)32(43)53-42(27)28-16-13-24(50-35(48)40(8,9)21-38(4,5)33(44)45)19-30(28)52-31-20-25(14-17-29(31)42)51-36(49)41(10,11)22-39(6,7)34(46)47/h12-20H,21-22H2,1-11H3,(H,44,45)(H,46,47). The van der Waals surface area contributed by atoms with Crippen LogP contribution in [0.3, 0.4) is 0 Å². The summed E-state index contributed by atoms with van der Waals surface area (Å²) >= 11 is 0. The van der Waals surface area contributed by atoms with Gasteiger partial charge in [0.05, 0.1) is 27.2 Å². The van der Waals surface area contributed by atoms with Crippen LogP contribution in [0.5, 0.6) is 23.0 Å². The lowest BCUT2D eigenvalue weighted by Gasteiger charge is -2.37. The van der Waals surface area contributed by atoms with Gasteiger partial charge in [0.2, 0.25) is 0 Å². The van der Waals surface area contributed by atoms with Gasteiger partial charge < -0.3 is 29.2 Å². The minimum atomic E-state index is -1.48. The fourth-order valence-electron chi connectivity index (χ4n) is 7.28. The summed E-state index contributed by atoms with van der Waals surface area (Å²) < 4.78 is 24.3. The molecule has 0 radical (unpaired) electrons. The molecule has 0 unspecified atom stereocenters. The van der Waals surface area contributed by atoms with Gasteiger partial charge in [0, 0.05) is 28.8 Å². The summed E-state index contributed by atoms with van der Waals surface area (Å²) in [5.74, 6) is -3.26. The van der Waals surface area contributed by atoms with Crippen LogP contribution in [0.1, 0.15) is 122 Å². The first-order valence-electron chi connectivity index (χ1n) is 17.5. The minimum absolute atomic E-state index is 0.0154. The Kier molecular flexibility index (Phi) is 9.38. The molecule has 3 aromatic rings. The molecule has 2 aliphatic rings. The maximum absolute atomic E-state index is 13.7. The van der Waals surface area contributed by atoms with Gasteiger partial charge in [-0.3, -0.25) is 19.2 Å². The molecule has 53 heavy (non-hydrogen) atoms. The van der Waals surface area contributed by atoms with Crippen molar-refractivity contribution >= 4 is 29.8 Å². The molecule has 0 bridgehead atoms. The molecule has 0 saturated carbocycles. The number of hydrogen-bond donors (Lipinski definition) is 2. The van der Waals surface area contributed by atoms with Crippen LogP contribution in [0.15, 0.2) is 54.6 Å². The third-order valence-corrected chi connectivity index (χ3v) is 10.1. The highest BCUT2D eigenvalue weighted by Crippen LogP contribution is 2.57. The average molecular weight is 729 g/mol. The van der Waals surface area contributed by atoms with Crippen LogP contribution in [-0.4, -0.2) is 40.1 Å². The second kappa shape index (κ2) is 12.7. The van der Waals surface area contributed by atoms with Crippen LogP contribution in [0.25, 0.3) is 0 Å². The van der Waals surface area contributed by atoms with Gasteiger partial charge in [-0.2, -0.15) is 0 Å². The van der Waals surface area contributed by atoms with Crippen LogP contribution in [0, 0.1) is 21.7 Å². The van der Waals surface area contributed by atoms with Gasteiger partial charge >= 0.3 is 29.8 Å². The number of benzene rings is 3. The maximum atomic E-state index is 13.7. The summed E-state index contributed by atoms with van der Waals surface area (Å²) in [5, 5.41) is 19.3. The van der Waals surface area contributed by atoms with E-state index in [1.165, 1.54) is 12.1 Å². The molecule has 1 spiro atoms. The highest BCUT2D eigenvalue weighted by molar-refractivity contribution is 5.97. The molecule has 2 aliphatic heterocycles. The van der Waals surface area contributed by atoms with Crippen LogP contribution in [0.4, 0.5) is 0 Å². The topological polar surface area (TPSA) is 163 Å². The van der Waals surface area contributed by atoms with Crippen molar-refractivity contribution in [3.8, 4) is 23.0 Å². The summed E-state index contributed by atoms with van der Waals surface area (Å²) in [4.78, 5) is 64.2. The summed E-state index contributed by atoms with van der Waals surface area (Å²) in [7, 11) is 0. The molecule has 3 aromatic carbocycles. The zero-order chi connectivity index (χ0) is 39.7. The number of carbonyl (C=O) groups is 5. The van der Waals surface area contributed by atoms with E-state index in [-0.39, 0.29) is 41.3 Å². The first kappa shape index (κ1) is 39.0. The lowest BCUT2D eigenvalue weighted by atomic mass is 9.75. The van der Waals surface area contributed by atoms with Crippen molar-refractivity contribution in [2.24, 2.45) is 21.7 Å². The molecule has 11 nitrogen and oxygen atoms in total. The van der Waals surface area contributed by atoms with Gasteiger partial charge in [0.15, 0.2) is 5.60 Å². The van der Waals surface area contributed by atoms with E-state index in [4.69, 9.17) is 18.9 Å². The third-order valence-electron chi connectivity index (χ3n) is 10.1. The Labute approximate surface area is 309 Å². The molecule has 0 fully saturated rings. The molecule has 0 atom stereocenters. The van der Waals surface area contributed by atoms with Crippen molar-refractivity contribution in [3.05, 3.63) is 82.4 Å². The number of aliphatic carboxylic acids is 2. The molecule has 2 heterocycles. The Morgan fingerprint density at radius 1 is 0.604 bits per heavy atom. The average Bonchev–Trinajstić information content (AvgIpc) is 3.31. The predicted octanol–water partition coefficient (Wildman–Crippen LogP) is 8.42. The fraction of sp³-hybridized carbons (Fsp3) is 0.452. The second-order valence-corrected chi connectivity index (χ2v) is 17.8. The number of carboxylic acids is 2. The molecule has 0 aliphatic carbocycles. The number of esters is 3. The molecule has 282 valence electrons. The Hall–Kier alpha value is -5.19. The molecule has 0 saturated heterocycles. The van der Waals surface area contributed by atoms with Crippen molar-refractivity contribution in [2.45, 2.75) is 100 Å². The smallest absolute Gasteiger partial charge is 0.340 e. The number of rotatable bonds is 10. The van der Waals surface area contributed by atoms with Gasteiger partial charge in [0.1, 0.15) is 23.0 Å². The molecule has 5 rings (SSSR count). The van der Waals surface area contributed by atoms with Gasteiger partial charge in [-0.1, -0.05) is 32.9 Å². The zero-order valence-electron chi connectivity index (χ0n) is 32.2. The molecule has 0 amide bonds. The minimum Gasteiger partial charge on any atom is -0.481 e. The van der Waals surface area contributed by atoms with Crippen molar-refractivity contribution in [3.63, 3.8) is 0 Å². The van der Waals surface area contributed by atoms with Crippen molar-refractivity contribution in [1.29, 1.82) is 0 Å². The van der Waals surface area contributed by atoms with E-state index < -0.39 is 57.1 Å². The fourth-order valence-corrected chi connectivity index (χ4v) is 7.28. The predicted molar refractivity (Wildman–Crippen MR) is 194 cm³/mol. The summed E-state index contributed by atoms with van der Waals surface area (Å²) in [6.45, 7) is 18.8. The second-order valence-electron chi connectivity index (χ2n) is 17.8. The number of carbonyl (C=O) groups excluding carboxylic acids is 3. The largest absolute Gasteiger partial charge is 0.481 e. The van der Waals surface area contributed by atoms with E-state index >= 15 is 0 Å². The zero-order valence-corrected chi connectivity index (χ0v) is 32.2. The van der Waals surface area contributed by atoms with Crippen molar-refractivity contribution < 1.29 is 53.1 Å². The van der Waals surface area contributed by atoms with E-state index in [0.29, 0.717) is 22.3 Å². The van der Waals surface area contributed by atoms with E-state index in [1.807, 2.05) is 39.0 Å². The van der Waals surface area contributed by atoms with Gasteiger partial charge in [-0.15, -0.1) is 0 Å². The molecule has 11 heteroatoms. The highest BCUT2D eigenvalue weighted by atomic mass is 16.6. The van der Waals surface area contributed by atoms with E-state index in [2.05, 4.69) is 0 Å². The number of carboxylic acid groups (broad SMARTS) is 2. The van der Waals surface area contributed by atoms with E-state index in [9.17, 15) is 34.2 Å². The number of hydrogen-bond acceptors (Lipinski definition) is 9. The van der Waals surface area contributed by atoms with Crippen molar-refractivity contribution in [2.75, 3.05) is 0 Å². The molecular weight excluding hydrogens is 680 g/mol. The van der Waals surface area contributed by atoms with Gasteiger partial charge in [-0.25, -0.2) is 4.79 Å². The van der Waals surface area contributed by atoms with Crippen LogP contribution in [-0.2, 0) is 34.9 Å². The summed E-state index contributed by atoms with van der Waals surface area (Å²) in [5.41, 5.74) is -3.61. The molecule has 2 N–H and O–H groups in total.